The first-order valence-corrected chi connectivity index (χ1v) is 9.76. The molecule has 0 bridgehead atoms. The topological polar surface area (TPSA) is 136 Å². The third-order valence-electron chi connectivity index (χ3n) is 6.06. The second kappa shape index (κ2) is 7.23. The third-order valence-corrected chi connectivity index (χ3v) is 6.06. The van der Waals surface area contributed by atoms with Gasteiger partial charge in [-0.2, -0.15) is 0 Å². The van der Waals surface area contributed by atoms with Crippen molar-refractivity contribution in [2.45, 2.75) is 51.3 Å². The molecule has 0 saturated carbocycles. The Morgan fingerprint density at radius 1 is 1.31 bits per heavy atom. The van der Waals surface area contributed by atoms with Gasteiger partial charge in [-0.15, -0.1) is 0 Å². The largest absolute Gasteiger partial charge is 0.478 e. The van der Waals surface area contributed by atoms with E-state index in [0.29, 0.717) is 11.1 Å². The lowest BCUT2D eigenvalue weighted by atomic mass is 9.80. The molecule has 0 spiro atoms. The number of carbonyl (C=O) groups is 2. The Bertz CT molecular complexity index is 1300. The van der Waals surface area contributed by atoms with Crippen LogP contribution in [0.3, 0.4) is 0 Å². The highest BCUT2D eigenvalue weighted by molar-refractivity contribution is 5.89. The van der Waals surface area contributed by atoms with E-state index in [4.69, 9.17) is 9.47 Å². The number of aromatic nitrogens is 4. The van der Waals surface area contributed by atoms with E-state index in [9.17, 15) is 19.5 Å². The number of benzene rings is 1. The van der Waals surface area contributed by atoms with Crippen LogP contribution in [0.4, 0.5) is 4.39 Å². The molecule has 1 aliphatic rings. The SMILES string of the molecule is CC(=O)OC1(C)[C@@H](c2cccc(C(=O)O)c2C)OC(n2cnc3c(=O)[nH]cnc32)[C@]1(C)F. The molecule has 10 nitrogen and oxygen atoms in total. The van der Waals surface area contributed by atoms with Gasteiger partial charge in [-0.3, -0.25) is 14.2 Å². The van der Waals surface area contributed by atoms with Gasteiger partial charge in [0.15, 0.2) is 28.7 Å². The first-order valence-electron chi connectivity index (χ1n) is 9.76. The molecule has 0 radical (unpaired) electrons. The van der Waals surface area contributed by atoms with Crippen molar-refractivity contribution < 1.29 is 28.6 Å². The Hall–Kier alpha value is -3.60. The van der Waals surface area contributed by atoms with Crippen LogP contribution in [0, 0.1) is 6.92 Å². The number of aromatic amines is 1. The smallest absolute Gasteiger partial charge is 0.335 e. The summed E-state index contributed by atoms with van der Waals surface area (Å²) < 4.78 is 29.4. The van der Waals surface area contributed by atoms with E-state index in [1.165, 1.54) is 36.9 Å². The number of carbonyl (C=O) groups excluding carboxylic acids is 1. The van der Waals surface area contributed by atoms with Crippen LogP contribution in [0.5, 0.6) is 0 Å². The molecule has 3 aromatic rings. The molecule has 0 amide bonds. The summed E-state index contributed by atoms with van der Waals surface area (Å²) in [6, 6.07) is 4.53. The highest BCUT2D eigenvalue weighted by Crippen LogP contribution is 2.57. The second-order valence-electron chi connectivity index (χ2n) is 8.03. The lowest BCUT2D eigenvalue weighted by Crippen LogP contribution is -2.51. The lowest BCUT2D eigenvalue weighted by molar-refractivity contribution is -0.174. The van der Waals surface area contributed by atoms with Crippen LogP contribution in [0.2, 0.25) is 0 Å². The molecular formula is C21H21FN4O6. The Morgan fingerprint density at radius 2 is 2.03 bits per heavy atom. The van der Waals surface area contributed by atoms with Gasteiger partial charge in [-0.1, -0.05) is 12.1 Å². The lowest BCUT2D eigenvalue weighted by Gasteiger charge is -2.37. The fraction of sp³-hybridized carbons (Fsp3) is 0.381. The minimum atomic E-state index is -2.33. The average Bonchev–Trinajstić information content (AvgIpc) is 3.20. The van der Waals surface area contributed by atoms with Crippen LogP contribution < -0.4 is 5.56 Å². The minimum absolute atomic E-state index is 0.00593. The van der Waals surface area contributed by atoms with E-state index >= 15 is 4.39 Å². The Morgan fingerprint density at radius 3 is 2.69 bits per heavy atom. The van der Waals surface area contributed by atoms with Gasteiger partial charge in [0, 0.05) is 6.92 Å². The van der Waals surface area contributed by atoms with Gasteiger partial charge in [0.25, 0.3) is 5.56 Å². The maximum absolute atomic E-state index is 16.5. The summed E-state index contributed by atoms with van der Waals surface area (Å²) in [5.41, 5.74) is -3.87. The highest BCUT2D eigenvalue weighted by Gasteiger charge is 2.67. The summed E-state index contributed by atoms with van der Waals surface area (Å²) in [4.78, 5) is 46.1. The van der Waals surface area contributed by atoms with E-state index in [-0.39, 0.29) is 16.7 Å². The first-order chi connectivity index (χ1) is 15.0. The van der Waals surface area contributed by atoms with Gasteiger partial charge in [-0.05, 0) is 38.0 Å². The molecule has 4 rings (SSSR count). The molecule has 168 valence electrons. The zero-order chi connectivity index (χ0) is 23.4. The van der Waals surface area contributed by atoms with Crippen LogP contribution in [-0.4, -0.2) is 47.8 Å². The number of carboxylic acid groups (broad SMARTS) is 1. The van der Waals surface area contributed by atoms with Crippen molar-refractivity contribution >= 4 is 23.1 Å². The number of imidazole rings is 1. The number of aromatic carboxylic acids is 1. The highest BCUT2D eigenvalue weighted by atomic mass is 19.1. The van der Waals surface area contributed by atoms with E-state index in [2.05, 4.69) is 15.0 Å². The second-order valence-corrected chi connectivity index (χ2v) is 8.03. The number of rotatable bonds is 4. The van der Waals surface area contributed by atoms with E-state index < -0.39 is 41.1 Å². The average molecular weight is 444 g/mol. The van der Waals surface area contributed by atoms with Crippen molar-refractivity contribution in [3.05, 3.63) is 57.9 Å². The number of carboxylic acids is 1. The Balaban J connectivity index is 1.92. The number of alkyl halides is 1. The summed E-state index contributed by atoms with van der Waals surface area (Å²) >= 11 is 0. The number of halogens is 1. The summed E-state index contributed by atoms with van der Waals surface area (Å²) in [6.07, 6.45) is -0.155. The number of H-pyrrole nitrogens is 1. The molecule has 1 fully saturated rings. The maximum Gasteiger partial charge on any atom is 0.335 e. The molecule has 2 aromatic heterocycles. The number of nitrogens with one attached hydrogen (secondary N) is 1. The Labute approximate surface area is 181 Å². The van der Waals surface area contributed by atoms with E-state index in [1.54, 1.807) is 13.0 Å². The molecule has 3 heterocycles. The molecule has 1 saturated heterocycles. The fourth-order valence-corrected chi connectivity index (χ4v) is 4.24. The predicted octanol–water partition coefficient (Wildman–Crippen LogP) is 2.45. The summed E-state index contributed by atoms with van der Waals surface area (Å²) in [5, 5.41) is 9.50. The minimum Gasteiger partial charge on any atom is -0.478 e. The van der Waals surface area contributed by atoms with Crippen molar-refractivity contribution in [3.63, 3.8) is 0 Å². The van der Waals surface area contributed by atoms with E-state index in [0.717, 1.165) is 13.3 Å². The van der Waals surface area contributed by atoms with Crippen LogP contribution in [0.25, 0.3) is 11.2 Å². The summed E-state index contributed by atoms with van der Waals surface area (Å²) in [6.45, 7) is 5.34. The van der Waals surface area contributed by atoms with Crippen molar-refractivity contribution in [2.24, 2.45) is 0 Å². The molecule has 4 atom stereocenters. The quantitative estimate of drug-likeness (QED) is 0.586. The monoisotopic (exact) mass is 444 g/mol. The number of hydrogen-bond donors (Lipinski definition) is 2. The molecular weight excluding hydrogens is 423 g/mol. The predicted molar refractivity (Wildman–Crippen MR) is 109 cm³/mol. The van der Waals surface area contributed by atoms with Crippen molar-refractivity contribution in [1.29, 1.82) is 0 Å². The van der Waals surface area contributed by atoms with Gasteiger partial charge >= 0.3 is 11.9 Å². The third kappa shape index (κ3) is 3.00. The first kappa shape index (κ1) is 21.6. The molecule has 0 aliphatic carbocycles. The van der Waals surface area contributed by atoms with Gasteiger partial charge in [0.2, 0.25) is 0 Å². The van der Waals surface area contributed by atoms with Crippen molar-refractivity contribution in [1.82, 2.24) is 19.5 Å². The van der Waals surface area contributed by atoms with Crippen LogP contribution >= 0.6 is 0 Å². The number of fused-ring (bicyclic) bond motifs is 1. The molecule has 32 heavy (non-hydrogen) atoms. The molecule has 11 heteroatoms. The normalized spacial score (nSPS) is 27.5. The maximum atomic E-state index is 16.5. The number of nitrogens with zero attached hydrogens (tertiary/aromatic N) is 3. The molecule has 1 aliphatic heterocycles. The standard InChI is InChI=1S/C21H21FN4O6/c1-10-12(6-5-7-13(10)18(29)30)15-21(4,32-11(2)27)20(3,22)19(31-15)26-9-25-14-16(26)23-8-24-17(14)28/h5-9,15,19H,1-4H3,(H,29,30)(H,23,24,28)/t15-,19?,20+,21?/m1/s1. The zero-order valence-corrected chi connectivity index (χ0v) is 17.7. The van der Waals surface area contributed by atoms with E-state index in [1.807, 2.05) is 0 Å². The number of esters is 1. The summed E-state index contributed by atoms with van der Waals surface area (Å²) in [7, 11) is 0. The van der Waals surface area contributed by atoms with Crippen LogP contribution in [-0.2, 0) is 14.3 Å². The molecule has 2 unspecified atom stereocenters. The molecule has 2 N–H and O–H groups in total. The Kier molecular flexibility index (Phi) is 4.88. The number of ether oxygens (including phenoxy) is 2. The fourth-order valence-electron chi connectivity index (χ4n) is 4.24. The van der Waals surface area contributed by atoms with Gasteiger partial charge in [-0.25, -0.2) is 19.2 Å². The van der Waals surface area contributed by atoms with Gasteiger partial charge in [0.1, 0.15) is 6.10 Å². The van der Waals surface area contributed by atoms with Crippen LogP contribution in [0.1, 0.15) is 54.6 Å². The molecule has 1 aromatic carbocycles. The zero-order valence-electron chi connectivity index (χ0n) is 17.7. The van der Waals surface area contributed by atoms with Crippen LogP contribution in [0.15, 0.2) is 35.6 Å². The van der Waals surface area contributed by atoms with Crippen molar-refractivity contribution in [3.8, 4) is 0 Å². The van der Waals surface area contributed by atoms with Gasteiger partial charge in [0.05, 0.1) is 18.2 Å². The van der Waals surface area contributed by atoms with Gasteiger partial charge < -0.3 is 19.6 Å². The van der Waals surface area contributed by atoms with Crippen molar-refractivity contribution in [2.75, 3.05) is 0 Å². The summed E-state index contributed by atoms with van der Waals surface area (Å²) in [5.74, 6) is -1.89. The number of hydrogen-bond acceptors (Lipinski definition) is 7.